The van der Waals surface area contributed by atoms with Gasteiger partial charge in [0.1, 0.15) is 11.5 Å². The van der Waals surface area contributed by atoms with E-state index < -0.39 is 21.3 Å². The molecule has 2 aromatic carbocycles. The predicted molar refractivity (Wildman–Crippen MR) is 129 cm³/mol. The molecule has 0 aromatic heterocycles. The van der Waals surface area contributed by atoms with Crippen molar-refractivity contribution in [3.63, 3.8) is 0 Å². The van der Waals surface area contributed by atoms with Crippen LogP contribution in [0.1, 0.15) is 11.1 Å². The Hall–Kier alpha value is -3.78. The van der Waals surface area contributed by atoms with Gasteiger partial charge in [-0.15, -0.1) is 0 Å². The third-order valence-electron chi connectivity index (χ3n) is 4.77. The number of aliphatic imine (C=N–C) groups is 2. The van der Waals surface area contributed by atoms with Gasteiger partial charge < -0.3 is 30.3 Å². The second kappa shape index (κ2) is 16.1. The Morgan fingerprint density at radius 3 is 1.46 bits per heavy atom. The Morgan fingerprint density at radius 1 is 0.757 bits per heavy atom. The van der Waals surface area contributed by atoms with Crippen LogP contribution in [-0.4, -0.2) is 75.8 Å². The Kier molecular flexibility index (Phi) is 13.6. The average molecular weight is 558 g/mol. The molecule has 14 nitrogen and oxygen atoms in total. The van der Waals surface area contributed by atoms with Crippen molar-refractivity contribution in [3.05, 3.63) is 55.6 Å². The molecule has 0 heterocycles. The fourth-order valence-electron chi connectivity index (χ4n) is 2.96. The molecule has 0 aliphatic rings. The van der Waals surface area contributed by atoms with E-state index in [4.69, 9.17) is 9.47 Å². The molecule has 0 radical (unpaired) electrons. The van der Waals surface area contributed by atoms with Gasteiger partial charge in [-0.3, -0.25) is 30.2 Å². The van der Waals surface area contributed by atoms with Crippen molar-refractivity contribution in [2.24, 2.45) is 9.98 Å². The molecule has 198 valence electrons. The number of methoxy groups -OCH3 is 2. The van der Waals surface area contributed by atoms with Crippen LogP contribution in [0.15, 0.2) is 34.3 Å². The summed E-state index contributed by atoms with van der Waals surface area (Å²) in [6.07, 6.45) is 2.58. The minimum Gasteiger partial charge on any atom is -0.870 e. The van der Waals surface area contributed by atoms with Gasteiger partial charge in [-0.05, 0) is 11.1 Å². The van der Waals surface area contributed by atoms with Crippen LogP contribution < -0.4 is 30.3 Å². The molecule has 37 heavy (non-hydrogen) atoms. The Bertz CT molecular complexity index is 1040. The molecule has 2 rings (SSSR count). The summed E-state index contributed by atoms with van der Waals surface area (Å²) in [6, 6.07) is 4.46. The topological polar surface area (TPSA) is 200 Å². The number of non-ortho nitro benzene ring substituents is 2. The van der Waals surface area contributed by atoms with E-state index in [1.54, 1.807) is 0 Å². The molecule has 0 unspecified atom stereocenters. The maximum Gasteiger partial charge on any atom is 4.00 e. The SMILES string of the molecule is COc1cc([N+](=O)[O-])cc(C=NCCNCCNCCN=Cc2cc([N+](=O)[O-])cc(OC)c2[O-])c1[O-].[Fe+4]. The summed E-state index contributed by atoms with van der Waals surface area (Å²) in [4.78, 5) is 29.0. The van der Waals surface area contributed by atoms with E-state index >= 15 is 0 Å². The van der Waals surface area contributed by atoms with E-state index in [0.717, 1.165) is 24.3 Å². The third-order valence-corrected chi connectivity index (χ3v) is 4.77. The molecule has 0 saturated carbocycles. The largest absolute Gasteiger partial charge is 4.00 e. The Morgan fingerprint density at radius 2 is 1.14 bits per heavy atom. The van der Waals surface area contributed by atoms with Crippen LogP contribution >= 0.6 is 0 Å². The van der Waals surface area contributed by atoms with Crippen LogP contribution in [0.3, 0.4) is 0 Å². The van der Waals surface area contributed by atoms with Crippen LogP contribution in [0, 0.1) is 20.2 Å². The fraction of sp³-hybridized carbons (Fsp3) is 0.364. The number of hydrogen-bond acceptors (Lipinski definition) is 12. The van der Waals surface area contributed by atoms with E-state index in [-0.39, 0.29) is 51.1 Å². The van der Waals surface area contributed by atoms with Crippen molar-refractivity contribution in [3.8, 4) is 23.0 Å². The van der Waals surface area contributed by atoms with Crippen molar-refractivity contribution >= 4 is 23.8 Å². The molecule has 2 aromatic rings. The number of ether oxygens (including phenoxy) is 2. The Balaban J connectivity index is 0.00000684. The number of nitro groups is 2. The predicted octanol–water partition coefficient (Wildman–Crippen LogP) is 0.382. The van der Waals surface area contributed by atoms with Crippen LogP contribution in [0.4, 0.5) is 11.4 Å². The number of rotatable bonds is 15. The maximum atomic E-state index is 12.1. The molecule has 0 aliphatic carbocycles. The number of benzene rings is 2. The van der Waals surface area contributed by atoms with Gasteiger partial charge in [0, 0.05) is 50.7 Å². The van der Waals surface area contributed by atoms with Gasteiger partial charge in [0.05, 0.1) is 49.3 Å². The number of nitrogens with one attached hydrogen (secondary N) is 2. The van der Waals surface area contributed by atoms with Crippen molar-refractivity contribution < 1.29 is 46.6 Å². The summed E-state index contributed by atoms with van der Waals surface area (Å²) in [5, 5.41) is 52.5. The first-order valence-corrected chi connectivity index (χ1v) is 10.8. The number of nitro benzene ring substituents is 2. The van der Waals surface area contributed by atoms with Gasteiger partial charge in [0.2, 0.25) is 0 Å². The second-order valence-corrected chi connectivity index (χ2v) is 7.22. The smallest absolute Gasteiger partial charge is 0.870 e. The third kappa shape index (κ3) is 9.65. The molecule has 0 atom stereocenters. The number of hydrogen-bond donors (Lipinski definition) is 2. The van der Waals surface area contributed by atoms with Gasteiger partial charge in [0.25, 0.3) is 11.4 Å². The van der Waals surface area contributed by atoms with E-state index in [1.807, 2.05) is 0 Å². The minimum atomic E-state index is -0.606. The van der Waals surface area contributed by atoms with Gasteiger partial charge >= 0.3 is 17.1 Å². The van der Waals surface area contributed by atoms with E-state index in [1.165, 1.54) is 26.6 Å². The zero-order chi connectivity index (χ0) is 26.5. The fourth-order valence-corrected chi connectivity index (χ4v) is 2.96. The molecule has 0 amide bonds. The minimum absolute atomic E-state index is 0. The van der Waals surface area contributed by atoms with Crippen molar-refractivity contribution in [1.82, 2.24) is 10.6 Å². The van der Waals surface area contributed by atoms with Gasteiger partial charge in [-0.25, -0.2) is 0 Å². The molecule has 0 bridgehead atoms. The quantitative estimate of drug-likeness (QED) is 0.101. The first-order chi connectivity index (χ1) is 17.3. The van der Waals surface area contributed by atoms with E-state index in [9.17, 15) is 30.4 Å². The summed E-state index contributed by atoms with van der Waals surface area (Å²) < 4.78 is 9.77. The standard InChI is InChI=1S/C22H28N6O8.Fe/c1-35-19-11-17(27(31)32)9-15(21(19)29)13-25-7-5-23-3-4-24-6-8-26-14-16-10-18(28(33)34)12-20(36-2)22(16)30;/h9-14,23-24,29-30H,3-8H2,1-2H3;/q;+4/p-2. The van der Waals surface area contributed by atoms with E-state index in [0.29, 0.717) is 39.3 Å². The summed E-state index contributed by atoms with van der Waals surface area (Å²) >= 11 is 0. The molecular weight excluding hydrogens is 532 g/mol. The first kappa shape index (κ1) is 31.2. The van der Waals surface area contributed by atoms with Crippen molar-refractivity contribution in [2.45, 2.75) is 0 Å². The molecule has 0 fully saturated rings. The Labute approximate surface area is 223 Å². The summed E-state index contributed by atoms with van der Waals surface area (Å²) in [5.41, 5.74) is -0.341. The van der Waals surface area contributed by atoms with Gasteiger partial charge in [0.15, 0.2) is 0 Å². The monoisotopic (exact) mass is 558 g/mol. The zero-order valence-corrected chi connectivity index (χ0v) is 21.2. The van der Waals surface area contributed by atoms with Gasteiger partial charge in [-0.1, -0.05) is 11.5 Å². The summed E-state index contributed by atoms with van der Waals surface area (Å²) in [6.45, 7) is 3.03. The molecule has 0 saturated heterocycles. The summed E-state index contributed by atoms with van der Waals surface area (Å²) in [7, 11) is 2.53. The van der Waals surface area contributed by atoms with Gasteiger partial charge in [-0.2, -0.15) is 0 Å². The van der Waals surface area contributed by atoms with Crippen LogP contribution in [0.2, 0.25) is 0 Å². The molecule has 2 N–H and O–H groups in total. The van der Waals surface area contributed by atoms with E-state index in [2.05, 4.69) is 20.6 Å². The molecule has 0 aliphatic heterocycles. The van der Waals surface area contributed by atoms with Crippen molar-refractivity contribution in [1.29, 1.82) is 0 Å². The molecule has 0 spiro atoms. The second-order valence-electron chi connectivity index (χ2n) is 7.22. The average Bonchev–Trinajstić information content (AvgIpc) is 2.86. The summed E-state index contributed by atoms with van der Waals surface area (Å²) in [5.74, 6) is -1.17. The van der Waals surface area contributed by atoms with Crippen LogP contribution in [0.5, 0.6) is 23.0 Å². The zero-order valence-electron chi connectivity index (χ0n) is 20.1. The number of nitrogens with zero attached hydrogens (tertiary/aromatic N) is 4. The molecule has 15 heteroatoms. The first-order valence-electron chi connectivity index (χ1n) is 10.8. The maximum absolute atomic E-state index is 12.1. The van der Waals surface area contributed by atoms with Crippen LogP contribution in [-0.2, 0) is 17.1 Å². The normalized spacial score (nSPS) is 11.0. The van der Waals surface area contributed by atoms with Crippen LogP contribution in [0.25, 0.3) is 0 Å². The molecular formula is C22H26FeN6O8+2. The van der Waals surface area contributed by atoms with Crippen molar-refractivity contribution in [2.75, 3.05) is 53.5 Å².